The molecule has 30 heavy (non-hydrogen) atoms. The van der Waals surface area contributed by atoms with E-state index in [0.717, 1.165) is 5.56 Å². The molecule has 0 atom stereocenters. The average Bonchev–Trinajstić information content (AvgIpc) is 2.78. The molecule has 7 heteroatoms. The van der Waals surface area contributed by atoms with Crippen molar-refractivity contribution >= 4 is 6.03 Å². The number of pyridine rings is 1. The van der Waals surface area contributed by atoms with E-state index in [1.807, 2.05) is 30.3 Å². The van der Waals surface area contributed by atoms with Crippen LogP contribution in [-0.4, -0.2) is 40.7 Å². The molecule has 1 heterocycles. The highest BCUT2D eigenvalue weighted by Crippen LogP contribution is 2.24. The largest absolute Gasteiger partial charge is 0.453 e. The number of rotatable bonds is 9. The van der Waals surface area contributed by atoms with E-state index in [1.165, 1.54) is 18.3 Å². The van der Waals surface area contributed by atoms with Gasteiger partial charge in [-0.05, 0) is 41.8 Å². The maximum atomic E-state index is 14.3. The number of hydrogen-bond acceptors (Lipinski definition) is 4. The molecule has 0 aliphatic carbocycles. The summed E-state index contributed by atoms with van der Waals surface area (Å²) in [5, 5.41) is 12.0. The summed E-state index contributed by atoms with van der Waals surface area (Å²) in [5.74, 6) is 0.000234. The lowest BCUT2D eigenvalue weighted by atomic mass is 10.1. The third-order valence-corrected chi connectivity index (χ3v) is 4.47. The van der Waals surface area contributed by atoms with Crippen molar-refractivity contribution in [2.45, 2.75) is 13.0 Å². The van der Waals surface area contributed by atoms with Gasteiger partial charge in [-0.1, -0.05) is 36.4 Å². The highest BCUT2D eigenvalue weighted by molar-refractivity contribution is 5.74. The molecule has 0 saturated carbocycles. The zero-order chi connectivity index (χ0) is 21.2. The lowest BCUT2D eigenvalue weighted by molar-refractivity contribution is 0.177. The molecule has 6 nitrogen and oxygen atoms in total. The van der Waals surface area contributed by atoms with Crippen molar-refractivity contribution in [2.24, 2.45) is 0 Å². The minimum atomic E-state index is -0.526. The quantitative estimate of drug-likeness (QED) is 0.564. The maximum Gasteiger partial charge on any atom is 0.317 e. The first kappa shape index (κ1) is 21.3. The normalized spacial score (nSPS) is 10.5. The highest BCUT2D eigenvalue weighted by Gasteiger charge is 2.13. The van der Waals surface area contributed by atoms with E-state index in [1.54, 1.807) is 29.3 Å². The molecule has 3 aromatic rings. The van der Waals surface area contributed by atoms with Crippen molar-refractivity contribution < 1.29 is 19.0 Å². The summed E-state index contributed by atoms with van der Waals surface area (Å²) in [6, 6.07) is 17.4. The Labute approximate surface area is 174 Å². The second-order valence-electron chi connectivity index (χ2n) is 6.66. The third-order valence-electron chi connectivity index (χ3n) is 4.47. The van der Waals surface area contributed by atoms with Crippen LogP contribution in [0.5, 0.6) is 11.5 Å². The number of carbonyl (C=O) groups excluding carboxylic acids is 1. The first-order chi connectivity index (χ1) is 14.7. The van der Waals surface area contributed by atoms with E-state index in [2.05, 4.69) is 10.3 Å². The number of hydrogen-bond donors (Lipinski definition) is 2. The van der Waals surface area contributed by atoms with Crippen LogP contribution < -0.4 is 10.1 Å². The van der Waals surface area contributed by atoms with Gasteiger partial charge in [-0.2, -0.15) is 0 Å². The van der Waals surface area contributed by atoms with Crippen LogP contribution >= 0.6 is 0 Å². The van der Waals surface area contributed by atoms with Crippen LogP contribution in [0.4, 0.5) is 9.18 Å². The lowest BCUT2D eigenvalue weighted by Gasteiger charge is -2.22. The molecule has 0 radical (unpaired) electrons. The van der Waals surface area contributed by atoms with E-state index in [-0.39, 0.29) is 31.5 Å². The average molecular weight is 409 g/mol. The Kier molecular flexibility index (Phi) is 7.74. The Morgan fingerprint density at radius 3 is 2.60 bits per heavy atom. The van der Waals surface area contributed by atoms with Crippen LogP contribution in [0.15, 0.2) is 73.1 Å². The molecular formula is C23H24FN3O3. The second kappa shape index (κ2) is 10.9. The van der Waals surface area contributed by atoms with E-state index in [4.69, 9.17) is 4.74 Å². The molecule has 156 valence electrons. The third kappa shape index (κ3) is 6.28. The molecule has 2 N–H and O–H groups in total. The van der Waals surface area contributed by atoms with Gasteiger partial charge in [0.25, 0.3) is 0 Å². The second-order valence-corrected chi connectivity index (χ2v) is 6.66. The van der Waals surface area contributed by atoms with Crippen LogP contribution in [0.1, 0.15) is 11.1 Å². The van der Waals surface area contributed by atoms with E-state index in [0.29, 0.717) is 24.3 Å². The highest BCUT2D eigenvalue weighted by atomic mass is 19.1. The monoisotopic (exact) mass is 409 g/mol. The number of benzene rings is 2. The van der Waals surface area contributed by atoms with Gasteiger partial charge < -0.3 is 20.1 Å². The van der Waals surface area contributed by atoms with Gasteiger partial charge in [-0.3, -0.25) is 4.98 Å². The van der Waals surface area contributed by atoms with Crippen LogP contribution in [-0.2, 0) is 13.0 Å². The molecule has 2 aromatic carbocycles. The van der Waals surface area contributed by atoms with Crippen LogP contribution in [0.25, 0.3) is 0 Å². The Bertz CT molecular complexity index is 939. The summed E-state index contributed by atoms with van der Waals surface area (Å²) >= 11 is 0. The van der Waals surface area contributed by atoms with Crippen molar-refractivity contribution in [3.63, 3.8) is 0 Å². The number of halogens is 1. The number of aliphatic hydroxyl groups is 1. The van der Waals surface area contributed by atoms with Crippen LogP contribution in [0.2, 0.25) is 0 Å². The van der Waals surface area contributed by atoms with Crippen molar-refractivity contribution in [3.05, 3.63) is 90.0 Å². The number of carbonyl (C=O) groups is 1. The SMILES string of the molecule is O=C(NCc1ccc(Oc2cccnc2)c(F)c1)N(CCO)CCc1ccccc1. The number of ether oxygens (including phenoxy) is 1. The predicted octanol–water partition coefficient (Wildman–Crippen LogP) is 3.76. The fourth-order valence-electron chi connectivity index (χ4n) is 2.91. The van der Waals surface area contributed by atoms with Gasteiger partial charge in [0.15, 0.2) is 11.6 Å². The lowest BCUT2D eigenvalue weighted by Crippen LogP contribution is -2.42. The van der Waals surface area contributed by atoms with Crippen LogP contribution in [0.3, 0.4) is 0 Å². The smallest absolute Gasteiger partial charge is 0.317 e. The van der Waals surface area contributed by atoms with Gasteiger partial charge in [0.2, 0.25) is 0 Å². The maximum absolute atomic E-state index is 14.3. The van der Waals surface area contributed by atoms with Crippen molar-refractivity contribution in [1.29, 1.82) is 0 Å². The van der Waals surface area contributed by atoms with E-state index < -0.39 is 5.82 Å². The summed E-state index contributed by atoms with van der Waals surface area (Å²) < 4.78 is 19.8. The van der Waals surface area contributed by atoms with Gasteiger partial charge >= 0.3 is 6.03 Å². The standard InChI is InChI=1S/C23H24FN3O3/c24-21-15-19(8-9-22(21)30-20-7-4-11-25-17-20)16-26-23(29)27(13-14-28)12-10-18-5-2-1-3-6-18/h1-9,11,15,17,28H,10,12-14,16H2,(H,26,29). The number of amides is 2. The molecule has 0 spiro atoms. The first-order valence-electron chi connectivity index (χ1n) is 9.69. The molecular weight excluding hydrogens is 385 g/mol. The first-order valence-corrected chi connectivity index (χ1v) is 9.69. The van der Waals surface area contributed by atoms with Gasteiger partial charge in [0.1, 0.15) is 5.75 Å². The summed E-state index contributed by atoms with van der Waals surface area (Å²) in [4.78, 5) is 18.0. The van der Waals surface area contributed by atoms with Crippen molar-refractivity contribution in [2.75, 3.05) is 19.7 Å². The fraction of sp³-hybridized carbons (Fsp3) is 0.217. The number of aliphatic hydroxyl groups excluding tert-OH is 1. The molecule has 3 rings (SSSR count). The fourth-order valence-corrected chi connectivity index (χ4v) is 2.91. The minimum absolute atomic E-state index is 0.0860. The molecule has 0 fully saturated rings. The number of nitrogens with one attached hydrogen (secondary N) is 1. The van der Waals surface area contributed by atoms with Crippen molar-refractivity contribution in [1.82, 2.24) is 15.2 Å². The molecule has 2 amide bonds. The van der Waals surface area contributed by atoms with Gasteiger partial charge in [0, 0.05) is 25.8 Å². The summed E-state index contributed by atoms with van der Waals surface area (Å²) in [6.07, 6.45) is 3.79. The van der Waals surface area contributed by atoms with Gasteiger partial charge in [0.05, 0.1) is 12.8 Å². The zero-order valence-electron chi connectivity index (χ0n) is 16.5. The Morgan fingerprint density at radius 2 is 1.90 bits per heavy atom. The number of aromatic nitrogens is 1. The van der Waals surface area contributed by atoms with E-state index >= 15 is 0 Å². The molecule has 0 aliphatic rings. The molecule has 0 unspecified atom stereocenters. The van der Waals surface area contributed by atoms with Crippen LogP contribution in [0, 0.1) is 5.82 Å². The number of nitrogens with zero attached hydrogens (tertiary/aromatic N) is 2. The van der Waals surface area contributed by atoms with E-state index in [9.17, 15) is 14.3 Å². The Hall–Kier alpha value is -3.45. The Balaban J connectivity index is 1.54. The van der Waals surface area contributed by atoms with Crippen molar-refractivity contribution in [3.8, 4) is 11.5 Å². The Morgan fingerprint density at radius 1 is 1.07 bits per heavy atom. The molecule has 0 bridgehead atoms. The number of urea groups is 1. The predicted molar refractivity (Wildman–Crippen MR) is 112 cm³/mol. The summed E-state index contributed by atoms with van der Waals surface area (Å²) in [7, 11) is 0. The molecule has 0 saturated heterocycles. The summed E-state index contributed by atoms with van der Waals surface area (Å²) in [6.45, 7) is 0.737. The van der Waals surface area contributed by atoms with Gasteiger partial charge in [-0.15, -0.1) is 0 Å². The topological polar surface area (TPSA) is 74.7 Å². The molecule has 0 aliphatic heterocycles. The summed E-state index contributed by atoms with van der Waals surface area (Å²) in [5.41, 5.74) is 1.71. The minimum Gasteiger partial charge on any atom is -0.453 e. The van der Waals surface area contributed by atoms with Gasteiger partial charge in [-0.25, -0.2) is 9.18 Å². The molecule has 1 aromatic heterocycles. The zero-order valence-corrected chi connectivity index (χ0v) is 16.5.